The number of hydrogen-bond donors (Lipinski definition) is 0. The van der Waals surface area contributed by atoms with Gasteiger partial charge >= 0.3 is 0 Å². The Morgan fingerprint density at radius 1 is 0.865 bits per heavy atom. The van der Waals surface area contributed by atoms with Crippen molar-refractivity contribution in [2.45, 2.75) is 109 Å². The van der Waals surface area contributed by atoms with Crippen molar-refractivity contribution in [3.63, 3.8) is 0 Å². The van der Waals surface area contributed by atoms with Gasteiger partial charge in [0.25, 0.3) is 0 Å². The van der Waals surface area contributed by atoms with Crippen molar-refractivity contribution < 1.29 is 9.13 Å². The van der Waals surface area contributed by atoms with Crippen LogP contribution in [-0.4, -0.2) is 18.0 Å². The molecule has 2 fully saturated rings. The minimum Gasteiger partial charge on any atom is -0.475 e. The quantitative estimate of drug-likeness (QED) is 0.312. The fraction of sp³-hybridized carbons (Fsp3) is 0.618. The molecule has 0 saturated heterocycles. The van der Waals surface area contributed by atoms with Gasteiger partial charge in [0, 0.05) is 0 Å². The van der Waals surface area contributed by atoms with E-state index in [9.17, 15) is 4.39 Å². The third-order valence-corrected chi connectivity index (χ3v) is 9.32. The normalized spacial score (nSPS) is 26.9. The lowest BCUT2D eigenvalue weighted by atomic mass is 9.63. The summed E-state index contributed by atoms with van der Waals surface area (Å²) in [6, 6.07) is 14.4. The van der Waals surface area contributed by atoms with E-state index in [2.05, 4.69) is 36.2 Å². The second-order valence-corrected chi connectivity index (χ2v) is 12.7. The van der Waals surface area contributed by atoms with Crippen LogP contribution in [0.25, 0.3) is 11.1 Å². The summed E-state index contributed by atoms with van der Waals surface area (Å²) in [5, 5.41) is 0. The molecule has 1 heterocycles. The summed E-state index contributed by atoms with van der Waals surface area (Å²) in [6.45, 7) is 6.80. The van der Waals surface area contributed by atoms with E-state index in [4.69, 9.17) is 4.74 Å². The van der Waals surface area contributed by atoms with Crippen LogP contribution in [-0.2, 0) is 4.74 Å². The highest BCUT2D eigenvalue weighted by Gasteiger charge is 2.35. The van der Waals surface area contributed by atoms with Crippen LogP contribution in [0.1, 0.15) is 115 Å². The zero-order valence-corrected chi connectivity index (χ0v) is 23.3. The van der Waals surface area contributed by atoms with E-state index in [0.717, 1.165) is 28.9 Å². The van der Waals surface area contributed by atoms with Gasteiger partial charge in [0.2, 0.25) is 5.90 Å². The molecular formula is C34H46FNO. The first-order chi connectivity index (χ1) is 17.9. The maximum absolute atomic E-state index is 15.0. The molecule has 0 bridgehead atoms. The number of hydrogen-bond acceptors (Lipinski definition) is 2. The fourth-order valence-corrected chi connectivity index (χ4v) is 7.13. The zero-order chi connectivity index (χ0) is 25.8. The van der Waals surface area contributed by atoms with Crippen molar-refractivity contribution in [2.24, 2.45) is 22.7 Å². The van der Waals surface area contributed by atoms with Crippen molar-refractivity contribution in [2.75, 3.05) is 6.61 Å². The van der Waals surface area contributed by atoms with Gasteiger partial charge in [-0.3, -0.25) is 0 Å². The van der Waals surface area contributed by atoms with Crippen LogP contribution in [0.3, 0.4) is 0 Å². The minimum atomic E-state index is -0.289. The number of nitrogens with zero attached hydrogens (tertiary/aromatic N) is 1. The zero-order valence-electron chi connectivity index (χ0n) is 23.3. The molecule has 5 rings (SSSR count). The van der Waals surface area contributed by atoms with Crippen molar-refractivity contribution in [1.29, 1.82) is 0 Å². The van der Waals surface area contributed by atoms with E-state index in [1.54, 1.807) is 6.07 Å². The van der Waals surface area contributed by atoms with E-state index in [1.165, 1.54) is 82.6 Å². The summed E-state index contributed by atoms with van der Waals surface area (Å²) < 4.78 is 20.6. The summed E-state index contributed by atoms with van der Waals surface area (Å²) in [4.78, 5) is 4.53. The molecule has 2 aliphatic carbocycles. The minimum absolute atomic E-state index is 0.270. The third kappa shape index (κ3) is 6.47. The third-order valence-electron chi connectivity index (χ3n) is 9.32. The Labute approximate surface area is 224 Å². The van der Waals surface area contributed by atoms with Crippen molar-refractivity contribution in [1.82, 2.24) is 0 Å². The van der Waals surface area contributed by atoms with Gasteiger partial charge in [-0.2, -0.15) is 0 Å². The van der Waals surface area contributed by atoms with E-state index in [0.29, 0.717) is 24.0 Å². The Kier molecular flexibility index (Phi) is 8.37. The lowest BCUT2D eigenvalue weighted by Gasteiger charge is -2.42. The molecule has 0 radical (unpaired) electrons. The second-order valence-electron chi connectivity index (χ2n) is 12.7. The van der Waals surface area contributed by atoms with Gasteiger partial charge in [0.1, 0.15) is 12.4 Å². The summed E-state index contributed by atoms with van der Waals surface area (Å²) >= 11 is 0. The average molecular weight is 504 g/mol. The molecule has 2 nitrogen and oxygen atoms in total. The van der Waals surface area contributed by atoms with E-state index in [1.807, 2.05) is 26.0 Å². The molecule has 37 heavy (non-hydrogen) atoms. The highest BCUT2D eigenvalue weighted by molar-refractivity contribution is 5.96. The molecular weight excluding hydrogens is 457 g/mol. The maximum atomic E-state index is 15.0. The molecule has 2 saturated carbocycles. The van der Waals surface area contributed by atoms with Gasteiger partial charge in [-0.1, -0.05) is 82.2 Å². The Bertz CT molecular complexity index is 1070. The molecule has 0 spiro atoms. The van der Waals surface area contributed by atoms with Gasteiger partial charge in [0.15, 0.2) is 0 Å². The number of aliphatic imine (C=N–C) groups is 1. The lowest BCUT2D eigenvalue weighted by molar-refractivity contribution is 0.113. The largest absolute Gasteiger partial charge is 0.475 e. The van der Waals surface area contributed by atoms with Gasteiger partial charge in [-0.15, -0.1) is 0 Å². The summed E-state index contributed by atoms with van der Waals surface area (Å²) in [5.41, 5.74) is 3.60. The number of benzene rings is 2. The fourth-order valence-electron chi connectivity index (χ4n) is 7.13. The van der Waals surface area contributed by atoms with Gasteiger partial charge < -0.3 is 4.74 Å². The maximum Gasteiger partial charge on any atom is 0.219 e. The van der Waals surface area contributed by atoms with Crippen LogP contribution >= 0.6 is 0 Å². The van der Waals surface area contributed by atoms with Crippen molar-refractivity contribution in [3.05, 3.63) is 59.4 Å². The SMILES string of the molecule is CCCCCCCC1CCC2CC(c3ccc(-c4ccc(C5=NC(C)(C)CO5)c(F)c4)cc3)CCC2C1. The molecule has 3 heteroatoms. The first-order valence-electron chi connectivity index (χ1n) is 15.0. The van der Waals surface area contributed by atoms with E-state index >= 15 is 0 Å². The van der Waals surface area contributed by atoms with Crippen LogP contribution in [0.5, 0.6) is 0 Å². The summed E-state index contributed by atoms with van der Waals surface area (Å²) in [5.74, 6) is 3.70. The van der Waals surface area contributed by atoms with Crippen molar-refractivity contribution >= 4 is 5.90 Å². The second kappa shape index (κ2) is 11.7. The standard InChI is InChI=1S/C34H46FNO/c1-4-5-6-7-8-9-24-10-11-29-21-28(17-16-27(29)20-24)25-12-14-26(15-13-25)30-18-19-31(32(35)22-30)33-36-34(2,3)23-37-33/h12-15,18-19,22,24,27-29H,4-11,16-17,20-21,23H2,1-3H3. The highest BCUT2D eigenvalue weighted by Crippen LogP contribution is 2.48. The van der Waals surface area contributed by atoms with Gasteiger partial charge in [0.05, 0.1) is 11.1 Å². The smallest absolute Gasteiger partial charge is 0.219 e. The highest BCUT2D eigenvalue weighted by atomic mass is 19.1. The Morgan fingerprint density at radius 3 is 2.32 bits per heavy atom. The van der Waals surface area contributed by atoms with Crippen LogP contribution < -0.4 is 0 Å². The van der Waals surface area contributed by atoms with Crippen LogP contribution in [0.2, 0.25) is 0 Å². The van der Waals surface area contributed by atoms with Crippen LogP contribution in [0.15, 0.2) is 47.5 Å². The Balaban J connectivity index is 1.16. The Morgan fingerprint density at radius 2 is 1.59 bits per heavy atom. The number of halogens is 1. The number of ether oxygens (including phenoxy) is 1. The predicted octanol–water partition coefficient (Wildman–Crippen LogP) is 9.71. The molecule has 0 aromatic heterocycles. The van der Waals surface area contributed by atoms with Gasteiger partial charge in [-0.25, -0.2) is 9.38 Å². The molecule has 200 valence electrons. The first kappa shape index (κ1) is 26.4. The molecule has 2 aromatic carbocycles. The average Bonchev–Trinajstić information content (AvgIpc) is 3.27. The molecule has 3 aliphatic rings. The summed E-state index contributed by atoms with van der Waals surface area (Å²) in [7, 11) is 0. The number of rotatable bonds is 9. The molecule has 0 amide bonds. The first-order valence-corrected chi connectivity index (χ1v) is 15.0. The monoisotopic (exact) mass is 503 g/mol. The molecule has 1 aliphatic heterocycles. The predicted molar refractivity (Wildman–Crippen MR) is 153 cm³/mol. The van der Waals surface area contributed by atoms with E-state index in [-0.39, 0.29) is 11.4 Å². The Hall–Kier alpha value is -2.16. The van der Waals surface area contributed by atoms with Crippen LogP contribution in [0, 0.1) is 23.6 Å². The molecule has 0 N–H and O–H groups in total. The van der Waals surface area contributed by atoms with Crippen LogP contribution in [0.4, 0.5) is 4.39 Å². The van der Waals surface area contributed by atoms with Gasteiger partial charge in [-0.05, 0) is 98.4 Å². The molecule has 4 atom stereocenters. The number of fused-ring (bicyclic) bond motifs is 1. The summed E-state index contributed by atoms with van der Waals surface area (Å²) in [6.07, 6.45) is 17.0. The van der Waals surface area contributed by atoms with E-state index < -0.39 is 0 Å². The lowest BCUT2D eigenvalue weighted by Crippen LogP contribution is -2.30. The topological polar surface area (TPSA) is 21.6 Å². The molecule has 4 unspecified atom stereocenters. The molecule has 2 aromatic rings. The van der Waals surface area contributed by atoms with Crippen molar-refractivity contribution in [3.8, 4) is 11.1 Å². The number of unbranched alkanes of at least 4 members (excludes halogenated alkanes) is 4.